The first-order chi connectivity index (χ1) is 24.2. The number of anilines is 2. The van der Waals surface area contributed by atoms with Crippen LogP contribution in [0.2, 0.25) is 0 Å². The lowest BCUT2D eigenvalue weighted by molar-refractivity contribution is -0.646. The first-order valence-corrected chi connectivity index (χ1v) is 18.5. The Bertz CT molecular complexity index is 2270. The maximum Gasteiger partial charge on any atom is 0.490 e. The molecule has 0 radical (unpaired) electrons. The molecule has 284 valence electrons. The van der Waals surface area contributed by atoms with Gasteiger partial charge in [-0.2, -0.15) is 23.2 Å². The van der Waals surface area contributed by atoms with Gasteiger partial charge in [-0.15, -0.1) is 0 Å². The molecule has 0 spiro atoms. The minimum Gasteiger partial charge on any atom is -0.387 e. The van der Waals surface area contributed by atoms with Crippen LogP contribution in [0.5, 0.6) is 0 Å². The maximum atomic E-state index is 12.4. The van der Waals surface area contributed by atoms with Gasteiger partial charge in [-0.05, 0) is 0 Å². The summed E-state index contributed by atoms with van der Waals surface area (Å²) in [6.45, 7) is -2.33. The van der Waals surface area contributed by atoms with Crippen molar-refractivity contribution in [1.29, 1.82) is 0 Å². The standard InChI is InChI=1S/C21H27N10O18P3/c1-29-7-31(16-12(29)18(37)28-21(23)26-16)10(3-33)46-8(2-32)4-44-50(38,39)48-52(42,43)49-51(40,41)45-5-9-13(34)14(35)19(47-9)30-6-24-11-15(30)25-20(22)27-17(11)36/h2-3,6-10,13-14,19,34-35H,4-5H2,1H3,(H8-,22,23,25,26,27,28,36,37,38,39,40,41,42,43)/p+1/t8-,9+,10+,13+,14+,19+/m0/s1. The Morgan fingerprint density at radius 3 is 2.21 bits per heavy atom. The number of nitrogens with two attached hydrogens (primary N) is 2. The molecule has 31 heteroatoms. The van der Waals surface area contributed by atoms with Crippen molar-refractivity contribution in [2.45, 2.75) is 36.9 Å². The molecule has 9 atom stereocenters. The molecular formula is C21H28N10O18P3+. The number of aryl methyl sites for hydroxylation is 1. The number of fused-ring (bicyclic) bond motifs is 2. The number of aliphatic hydroxyl groups excluding tert-OH is 2. The number of nitrogens with zero attached hydrogens (tertiary/aromatic N) is 6. The van der Waals surface area contributed by atoms with Crippen molar-refractivity contribution in [1.82, 2.24) is 34.1 Å². The predicted octanol–water partition coefficient (Wildman–Crippen LogP) is -3.88. The summed E-state index contributed by atoms with van der Waals surface area (Å²) in [5.41, 5.74) is 9.08. The summed E-state index contributed by atoms with van der Waals surface area (Å²) in [7, 11) is -16.1. The summed E-state index contributed by atoms with van der Waals surface area (Å²) in [6, 6.07) is 0. The van der Waals surface area contributed by atoms with E-state index < -0.39 is 84.7 Å². The van der Waals surface area contributed by atoms with Crippen LogP contribution in [0.25, 0.3) is 22.3 Å². The highest BCUT2D eigenvalue weighted by Crippen LogP contribution is 2.67. The summed E-state index contributed by atoms with van der Waals surface area (Å²) in [6.07, 6.45) is -7.96. The molecule has 5 rings (SSSR count). The minimum absolute atomic E-state index is 0.00350. The highest BCUT2D eigenvalue weighted by molar-refractivity contribution is 7.66. The van der Waals surface area contributed by atoms with Gasteiger partial charge < -0.3 is 50.6 Å². The number of H-pyrrole nitrogens is 2. The highest BCUT2D eigenvalue weighted by Gasteiger charge is 2.47. The van der Waals surface area contributed by atoms with Crippen LogP contribution in [0.4, 0.5) is 11.9 Å². The average molecular weight is 801 g/mol. The summed E-state index contributed by atoms with van der Waals surface area (Å²) >= 11 is 0. The number of hydrogen-bond acceptors (Lipinski definition) is 20. The number of phosphoric acid groups is 3. The Labute approximate surface area is 286 Å². The molecule has 4 aromatic heterocycles. The molecule has 1 aliphatic heterocycles. The van der Waals surface area contributed by atoms with Gasteiger partial charge in [0.1, 0.15) is 24.4 Å². The van der Waals surface area contributed by atoms with Crippen LogP contribution in [0.3, 0.4) is 0 Å². The van der Waals surface area contributed by atoms with Gasteiger partial charge in [0.2, 0.25) is 18.2 Å². The number of aldehydes is 2. The summed E-state index contributed by atoms with van der Waals surface area (Å²) in [5.74, 6) is -0.647. The second kappa shape index (κ2) is 14.7. The fraction of sp³-hybridized carbons (Fsp3) is 0.429. The molecule has 0 amide bonds. The van der Waals surface area contributed by atoms with E-state index >= 15 is 0 Å². The van der Waals surface area contributed by atoms with Crippen LogP contribution in [-0.4, -0.2) is 109 Å². The van der Waals surface area contributed by atoms with Crippen LogP contribution in [0.1, 0.15) is 12.5 Å². The number of carbonyl (C=O) groups excluding carboxylic acids is 2. The SMILES string of the molecule is C[n+]1cn([C@@H](C=O)O[C@@H](C=O)COP(=O)(O)OP(=O)(O)OP(=O)(O)OC[C@H]2O[C@@H](n3cnc4c(=O)[nH]c(N)nc43)[C@H](O)[C@@H]2O)c2nc(N)[nH]c(=O)c21. The van der Waals surface area contributed by atoms with E-state index in [9.17, 15) is 57.8 Å². The van der Waals surface area contributed by atoms with E-state index in [-0.39, 0.29) is 46.8 Å². The number of nitrogen functional groups attached to an aromatic ring is 2. The van der Waals surface area contributed by atoms with Crippen LogP contribution >= 0.6 is 23.5 Å². The zero-order valence-corrected chi connectivity index (χ0v) is 28.6. The number of phosphoric ester groups is 2. The van der Waals surface area contributed by atoms with E-state index in [4.69, 9.17) is 20.9 Å². The monoisotopic (exact) mass is 801 g/mol. The number of aromatic nitrogens is 8. The second-order valence-electron chi connectivity index (χ2n) is 10.6. The molecule has 0 aliphatic carbocycles. The average Bonchev–Trinajstić information content (AvgIpc) is 3.68. The zero-order valence-electron chi connectivity index (χ0n) is 25.9. The molecule has 28 nitrogen and oxygen atoms in total. The fourth-order valence-corrected chi connectivity index (χ4v) is 8.31. The number of ether oxygens (including phenoxy) is 2. The van der Waals surface area contributed by atoms with E-state index in [2.05, 4.69) is 42.6 Å². The van der Waals surface area contributed by atoms with E-state index in [1.807, 2.05) is 0 Å². The van der Waals surface area contributed by atoms with Gasteiger partial charge in [-0.3, -0.25) is 38.0 Å². The van der Waals surface area contributed by atoms with Gasteiger partial charge in [-0.1, -0.05) is 0 Å². The zero-order chi connectivity index (χ0) is 38.3. The van der Waals surface area contributed by atoms with Crippen molar-refractivity contribution >= 4 is 70.3 Å². The molecule has 0 bridgehead atoms. The third-order valence-electron chi connectivity index (χ3n) is 6.92. The molecule has 4 aromatic rings. The number of aliphatic hydroxyl groups is 2. The summed E-state index contributed by atoms with van der Waals surface area (Å²) < 4.78 is 68.1. The smallest absolute Gasteiger partial charge is 0.387 e. The Morgan fingerprint density at radius 2 is 1.58 bits per heavy atom. The number of carbonyl (C=O) groups is 2. The number of imidazole rings is 2. The van der Waals surface area contributed by atoms with Crippen LogP contribution in [0, 0.1) is 0 Å². The van der Waals surface area contributed by atoms with Gasteiger partial charge in [0.05, 0.1) is 26.6 Å². The number of hydrogen-bond donors (Lipinski definition) is 9. The van der Waals surface area contributed by atoms with E-state index in [0.717, 1.165) is 15.5 Å². The Hall–Kier alpha value is -4.11. The summed E-state index contributed by atoms with van der Waals surface area (Å²) in [5, 5.41) is 20.9. The highest BCUT2D eigenvalue weighted by atomic mass is 31.3. The lowest BCUT2D eigenvalue weighted by Gasteiger charge is -2.21. The van der Waals surface area contributed by atoms with Crippen molar-refractivity contribution in [3.63, 3.8) is 0 Å². The fourth-order valence-electron chi connectivity index (χ4n) is 4.79. The van der Waals surface area contributed by atoms with Crippen molar-refractivity contribution in [2.75, 3.05) is 24.7 Å². The Kier molecular flexibility index (Phi) is 11.1. The van der Waals surface area contributed by atoms with Gasteiger partial charge in [0.25, 0.3) is 23.0 Å². The first kappa shape index (κ1) is 39.1. The van der Waals surface area contributed by atoms with Crippen LogP contribution in [-0.2, 0) is 57.5 Å². The molecule has 1 fully saturated rings. The molecule has 11 N–H and O–H groups in total. The molecule has 1 saturated heterocycles. The van der Waals surface area contributed by atoms with E-state index in [1.54, 1.807) is 0 Å². The van der Waals surface area contributed by atoms with Gasteiger partial charge in [-0.25, -0.2) is 23.2 Å². The van der Waals surface area contributed by atoms with Crippen molar-refractivity contribution in [2.24, 2.45) is 7.05 Å². The summed E-state index contributed by atoms with van der Waals surface area (Å²) in [4.78, 5) is 93.6. The van der Waals surface area contributed by atoms with Gasteiger partial charge >= 0.3 is 29.0 Å². The number of aromatic amines is 2. The number of nitrogens with one attached hydrogen (secondary N) is 2. The molecule has 52 heavy (non-hydrogen) atoms. The van der Waals surface area contributed by atoms with Crippen molar-refractivity contribution in [3.05, 3.63) is 33.4 Å². The molecule has 1 aliphatic rings. The minimum atomic E-state index is -6.04. The van der Waals surface area contributed by atoms with E-state index in [1.165, 1.54) is 17.9 Å². The third kappa shape index (κ3) is 8.41. The van der Waals surface area contributed by atoms with Crippen LogP contribution in [0.15, 0.2) is 22.2 Å². The molecule has 3 unspecified atom stereocenters. The first-order valence-electron chi connectivity index (χ1n) is 14.0. The Morgan fingerprint density at radius 1 is 0.962 bits per heavy atom. The van der Waals surface area contributed by atoms with E-state index in [0.29, 0.717) is 0 Å². The molecular weight excluding hydrogens is 773 g/mol. The number of rotatable bonds is 16. The quantitative estimate of drug-likeness (QED) is 0.0297. The second-order valence-corrected chi connectivity index (χ2v) is 15.2. The van der Waals surface area contributed by atoms with Gasteiger partial charge in [0.15, 0.2) is 30.0 Å². The Balaban J connectivity index is 1.17. The maximum absolute atomic E-state index is 12.4. The largest absolute Gasteiger partial charge is 0.490 e. The van der Waals surface area contributed by atoms with Crippen molar-refractivity contribution < 1.29 is 79.9 Å². The molecule has 0 saturated carbocycles. The molecule has 0 aromatic carbocycles. The lowest BCUT2D eigenvalue weighted by Crippen LogP contribution is -2.33. The van der Waals surface area contributed by atoms with Crippen molar-refractivity contribution in [3.8, 4) is 0 Å². The van der Waals surface area contributed by atoms with Gasteiger partial charge in [0, 0.05) is 0 Å². The topological polar surface area (TPSA) is 412 Å². The lowest BCUT2D eigenvalue weighted by atomic mass is 10.1. The third-order valence-corrected chi connectivity index (χ3v) is 11.2. The normalized spacial score (nSPS) is 23.9. The van der Waals surface area contributed by atoms with Crippen LogP contribution < -0.4 is 27.2 Å². The molecule has 5 heterocycles. The predicted molar refractivity (Wildman–Crippen MR) is 164 cm³/mol.